The number of amides is 3. The van der Waals surface area contributed by atoms with Gasteiger partial charge in [0.2, 0.25) is 11.8 Å². The van der Waals surface area contributed by atoms with E-state index < -0.39 is 35.2 Å². The summed E-state index contributed by atoms with van der Waals surface area (Å²) in [5.41, 5.74) is 0.645. The van der Waals surface area contributed by atoms with Gasteiger partial charge in [-0.25, -0.2) is 4.79 Å². The minimum Gasteiger partial charge on any atom is -0.444 e. The molecular formula is C25H41N3O4S. The molecule has 33 heavy (non-hydrogen) atoms. The Morgan fingerprint density at radius 1 is 1.03 bits per heavy atom. The van der Waals surface area contributed by atoms with E-state index in [0.29, 0.717) is 5.56 Å². The number of rotatable bonds is 8. The molecule has 0 aliphatic rings. The van der Waals surface area contributed by atoms with E-state index >= 15 is 0 Å². The Hall–Kier alpha value is -2.22. The first-order chi connectivity index (χ1) is 15.1. The molecule has 0 aromatic heterocycles. The molecule has 2 unspecified atom stereocenters. The van der Waals surface area contributed by atoms with Gasteiger partial charge < -0.3 is 20.3 Å². The molecule has 1 aromatic rings. The van der Waals surface area contributed by atoms with E-state index in [9.17, 15) is 14.4 Å². The number of nitrogens with one attached hydrogen (secondary N) is 2. The molecule has 0 spiro atoms. The van der Waals surface area contributed by atoms with Gasteiger partial charge in [-0.05, 0) is 72.9 Å². The number of hydrogen-bond acceptors (Lipinski definition) is 5. The lowest BCUT2D eigenvalue weighted by molar-refractivity contribution is -0.144. The largest absolute Gasteiger partial charge is 0.444 e. The van der Waals surface area contributed by atoms with Crippen LogP contribution in [0.4, 0.5) is 4.79 Å². The van der Waals surface area contributed by atoms with Gasteiger partial charge in [0.15, 0.2) is 0 Å². The van der Waals surface area contributed by atoms with Gasteiger partial charge in [-0.1, -0.05) is 31.2 Å². The Labute approximate surface area is 204 Å². The van der Waals surface area contributed by atoms with Crippen LogP contribution in [-0.4, -0.2) is 51.8 Å². The van der Waals surface area contributed by atoms with Crippen LogP contribution < -0.4 is 10.6 Å². The van der Waals surface area contributed by atoms with E-state index in [2.05, 4.69) is 30.2 Å². The van der Waals surface area contributed by atoms with Crippen LogP contribution >= 0.6 is 12.6 Å². The number of carbonyl (C=O) groups excluding carboxylic acids is 3. The molecule has 0 aliphatic heterocycles. The topological polar surface area (TPSA) is 87.7 Å². The molecule has 0 saturated heterocycles. The van der Waals surface area contributed by atoms with Crippen molar-refractivity contribution in [3.05, 3.63) is 35.4 Å². The molecule has 2 atom stereocenters. The molecule has 8 heteroatoms. The lowest BCUT2D eigenvalue weighted by atomic mass is 9.98. The van der Waals surface area contributed by atoms with Gasteiger partial charge in [0.25, 0.3) is 0 Å². The van der Waals surface area contributed by atoms with Crippen molar-refractivity contribution in [2.24, 2.45) is 0 Å². The maximum Gasteiger partial charge on any atom is 0.408 e. The van der Waals surface area contributed by atoms with Crippen molar-refractivity contribution in [3.8, 4) is 0 Å². The fourth-order valence-corrected chi connectivity index (χ4v) is 3.55. The number of aryl methyl sites for hydroxylation is 1. The maximum atomic E-state index is 13.7. The second kappa shape index (κ2) is 11.8. The van der Waals surface area contributed by atoms with Crippen LogP contribution in [0, 0.1) is 0 Å². The second-order valence-electron chi connectivity index (χ2n) is 10.5. The van der Waals surface area contributed by atoms with Crippen molar-refractivity contribution in [1.29, 1.82) is 0 Å². The zero-order valence-corrected chi connectivity index (χ0v) is 22.4. The summed E-state index contributed by atoms with van der Waals surface area (Å²) in [5, 5.41) is 5.61. The standard InChI is InChI=1S/C25H41N3O4S/c1-10-17-11-13-18(14-12-17)20(21(29)27-24(4,5)6)28(16(2)3)22(30)19(15-33)26-23(31)32-25(7,8)9/h11-14,16,19-20,33H,10,15H2,1-9H3,(H,26,31)(H,27,29). The number of benzene rings is 1. The molecule has 0 heterocycles. The van der Waals surface area contributed by atoms with Gasteiger partial charge >= 0.3 is 6.09 Å². The predicted molar refractivity (Wildman–Crippen MR) is 135 cm³/mol. The van der Waals surface area contributed by atoms with Crippen LogP contribution in [0.15, 0.2) is 24.3 Å². The molecule has 0 bridgehead atoms. The molecule has 7 nitrogen and oxygen atoms in total. The predicted octanol–water partition coefficient (Wildman–Crippen LogP) is 4.26. The van der Waals surface area contributed by atoms with Gasteiger partial charge in [0.05, 0.1) is 0 Å². The van der Waals surface area contributed by atoms with Crippen LogP contribution in [0.3, 0.4) is 0 Å². The van der Waals surface area contributed by atoms with E-state index in [1.807, 2.05) is 58.9 Å². The summed E-state index contributed by atoms with van der Waals surface area (Å²) in [4.78, 5) is 41.0. The SMILES string of the molecule is CCc1ccc(C(C(=O)NC(C)(C)C)N(C(=O)C(CS)NC(=O)OC(C)(C)C)C(C)C)cc1. The summed E-state index contributed by atoms with van der Waals surface area (Å²) in [6.45, 7) is 16.7. The van der Waals surface area contributed by atoms with Crippen LogP contribution in [0.25, 0.3) is 0 Å². The molecule has 1 aromatic carbocycles. The first kappa shape index (κ1) is 28.8. The molecule has 0 fully saturated rings. The van der Waals surface area contributed by atoms with Crippen molar-refractivity contribution in [1.82, 2.24) is 15.5 Å². The fourth-order valence-electron chi connectivity index (χ4n) is 3.31. The van der Waals surface area contributed by atoms with Gasteiger partial charge in [-0.2, -0.15) is 12.6 Å². The van der Waals surface area contributed by atoms with E-state index in [1.165, 1.54) is 4.90 Å². The van der Waals surface area contributed by atoms with Crippen molar-refractivity contribution < 1.29 is 19.1 Å². The Morgan fingerprint density at radius 3 is 1.97 bits per heavy atom. The smallest absolute Gasteiger partial charge is 0.408 e. The number of thiol groups is 1. The van der Waals surface area contributed by atoms with Crippen LogP contribution in [-0.2, 0) is 20.7 Å². The first-order valence-electron chi connectivity index (χ1n) is 11.4. The van der Waals surface area contributed by atoms with Crippen molar-refractivity contribution in [2.45, 2.75) is 98.0 Å². The van der Waals surface area contributed by atoms with Gasteiger partial charge in [-0.3, -0.25) is 9.59 Å². The van der Waals surface area contributed by atoms with Gasteiger partial charge in [-0.15, -0.1) is 0 Å². The molecule has 0 aliphatic carbocycles. The quantitative estimate of drug-likeness (QED) is 0.486. The summed E-state index contributed by atoms with van der Waals surface area (Å²) in [5.74, 6) is -0.632. The summed E-state index contributed by atoms with van der Waals surface area (Å²) in [6.07, 6.45) is 0.162. The molecule has 186 valence electrons. The summed E-state index contributed by atoms with van der Waals surface area (Å²) < 4.78 is 5.31. The third kappa shape index (κ3) is 9.27. The molecule has 3 amide bonds. The summed E-state index contributed by atoms with van der Waals surface area (Å²) in [7, 11) is 0. The average Bonchev–Trinajstić information content (AvgIpc) is 2.66. The Bertz CT molecular complexity index is 810. The minimum absolute atomic E-state index is 0.0592. The monoisotopic (exact) mass is 479 g/mol. The number of ether oxygens (including phenoxy) is 1. The van der Waals surface area contributed by atoms with Crippen molar-refractivity contribution in [2.75, 3.05) is 5.75 Å². The van der Waals surface area contributed by atoms with E-state index in [-0.39, 0.29) is 17.7 Å². The molecule has 0 saturated carbocycles. The van der Waals surface area contributed by atoms with Crippen LogP contribution in [0.1, 0.15) is 79.5 Å². The molecular weight excluding hydrogens is 438 g/mol. The fraction of sp³-hybridized carbons (Fsp3) is 0.640. The molecule has 2 N–H and O–H groups in total. The lowest BCUT2D eigenvalue weighted by Gasteiger charge is -2.38. The van der Waals surface area contributed by atoms with Crippen LogP contribution in [0.2, 0.25) is 0 Å². The van der Waals surface area contributed by atoms with Crippen LogP contribution in [0.5, 0.6) is 0 Å². The Kier molecular flexibility index (Phi) is 10.3. The third-order valence-corrected chi connectivity index (χ3v) is 5.08. The molecule has 0 radical (unpaired) electrons. The zero-order valence-electron chi connectivity index (χ0n) is 21.5. The number of alkyl carbamates (subject to hydrolysis) is 1. The van der Waals surface area contributed by atoms with Crippen molar-refractivity contribution >= 4 is 30.5 Å². The first-order valence-corrected chi connectivity index (χ1v) is 12.1. The van der Waals surface area contributed by atoms with E-state index in [1.54, 1.807) is 20.8 Å². The van der Waals surface area contributed by atoms with Gasteiger partial charge in [0.1, 0.15) is 17.7 Å². The number of nitrogens with zero attached hydrogens (tertiary/aromatic N) is 1. The Balaban J connectivity index is 3.39. The van der Waals surface area contributed by atoms with E-state index in [4.69, 9.17) is 4.74 Å². The molecule has 1 rings (SSSR count). The third-order valence-electron chi connectivity index (χ3n) is 4.71. The summed E-state index contributed by atoms with van der Waals surface area (Å²) >= 11 is 4.29. The highest BCUT2D eigenvalue weighted by Crippen LogP contribution is 2.26. The number of carbonyl (C=O) groups is 3. The number of hydrogen-bond donors (Lipinski definition) is 3. The normalized spacial score (nSPS) is 13.8. The zero-order chi connectivity index (χ0) is 25.6. The van der Waals surface area contributed by atoms with Crippen molar-refractivity contribution in [3.63, 3.8) is 0 Å². The second-order valence-corrected chi connectivity index (χ2v) is 10.8. The maximum absolute atomic E-state index is 13.7. The summed E-state index contributed by atoms with van der Waals surface area (Å²) in [6, 6.07) is 5.55. The Morgan fingerprint density at radius 2 is 1.58 bits per heavy atom. The van der Waals surface area contributed by atoms with E-state index in [0.717, 1.165) is 12.0 Å². The highest BCUT2D eigenvalue weighted by molar-refractivity contribution is 7.80. The average molecular weight is 480 g/mol. The van der Waals surface area contributed by atoms with Gasteiger partial charge in [0, 0.05) is 17.3 Å². The highest BCUT2D eigenvalue weighted by atomic mass is 32.1. The highest BCUT2D eigenvalue weighted by Gasteiger charge is 2.38. The minimum atomic E-state index is -0.953. The lowest BCUT2D eigenvalue weighted by Crippen LogP contribution is -2.57.